The van der Waals surface area contributed by atoms with Gasteiger partial charge in [0.1, 0.15) is 0 Å². The molecule has 0 atom stereocenters. The molecule has 0 saturated heterocycles. The Kier molecular flexibility index (Phi) is 3.26. The Morgan fingerprint density at radius 3 is 2.71 bits per heavy atom. The summed E-state index contributed by atoms with van der Waals surface area (Å²) in [6.45, 7) is 1.81. The number of hydrogen-bond acceptors (Lipinski definition) is 2. The van der Waals surface area contributed by atoms with Gasteiger partial charge in [-0.1, -0.05) is 15.9 Å². The molecular formula is C10H8BrNO2. The zero-order chi connectivity index (χ0) is 10.7. The van der Waals surface area contributed by atoms with Gasteiger partial charge in [-0.25, -0.2) is 4.79 Å². The van der Waals surface area contributed by atoms with Crippen molar-refractivity contribution in [2.24, 2.45) is 0 Å². The molecule has 1 rings (SSSR count). The van der Waals surface area contributed by atoms with Crippen LogP contribution in [0.25, 0.3) is 0 Å². The van der Waals surface area contributed by atoms with Crippen molar-refractivity contribution in [3.05, 3.63) is 34.4 Å². The Morgan fingerprint density at radius 2 is 2.29 bits per heavy atom. The van der Waals surface area contributed by atoms with Crippen LogP contribution in [-0.4, -0.2) is 11.1 Å². The van der Waals surface area contributed by atoms with Gasteiger partial charge >= 0.3 is 5.97 Å². The van der Waals surface area contributed by atoms with Crippen molar-refractivity contribution in [3.63, 3.8) is 0 Å². The van der Waals surface area contributed by atoms with Gasteiger partial charge in [0, 0.05) is 5.33 Å². The van der Waals surface area contributed by atoms with Crippen LogP contribution in [0.5, 0.6) is 0 Å². The number of nitriles is 1. The highest BCUT2D eigenvalue weighted by Gasteiger charge is 2.10. The van der Waals surface area contributed by atoms with Crippen LogP contribution >= 0.6 is 15.9 Å². The lowest BCUT2D eigenvalue weighted by Gasteiger charge is -2.05. The minimum absolute atomic E-state index is 0.154. The van der Waals surface area contributed by atoms with E-state index in [9.17, 15) is 4.79 Å². The molecule has 1 N–H and O–H groups in total. The summed E-state index contributed by atoms with van der Waals surface area (Å²) in [6.07, 6.45) is 0. The molecule has 0 aliphatic rings. The van der Waals surface area contributed by atoms with Gasteiger partial charge in [-0.15, -0.1) is 0 Å². The highest BCUT2D eigenvalue weighted by Crippen LogP contribution is 2.18. The minimum Gasteiger partial charge on any atom is -0.478 e. The number of halogens is 1. The van der Waals surface area contributed by atoms with Crippen molar-refractivity contribution in [1.29, 1.82) is 5.26 Å². The third-order valence-corrected chi connectivity index (χ3v) is 2.63. The van der Waals surface area contributed by atoms with Gasteiger partial charge in [-0.05, 0) is 30.2 Å². The quantitative estimate of drug-likeness (QED) is 0.824. The second-order valence-corrected chi connectivity index (χ2v) is 3.42. The lowest BCUT2D eigenvalue weighted by Crippen LogP contribution is -2.00. The van der Waals surface area contributed by atoms with E-state index in [2.05, 4.69) is 15.9 Å². The Bertz CT molecular complexity index is 421. The number of rotatable bonds is 2. The summed E-state index contributed by atoms with van der Waals surface area (Å²) in [5.41, 5.74) is 2.23. The Hall–Kier alpha value is -1.34. The van der Waals surface area contributed by atoms with Gasteiger partial charge < -0.3 is 5.11 Å². The molecule has 0 aliphatic carbocycles. The van der Waals surface area contributed by atoms with Crippen LogP contribution in [0.2, 0.25) is 0 Å². The molecule has 1 aromatic carbocycles. The molecular weight excluding hydrogens is 246 g/mol. The van der Waals surface area contributed by atoms with E-state index in [1.807, 2.05) is 6.07 Å². The molecule has 0 bridgehead atoms. The van der Waals surface area contributed by atoms with Crippen LogP contribution in [0.4, 0.5) is 0 Å². The van der Waals surface area contributed by atoms with Crippen molar-refractivity contribution >= 4 is 21.9 Å². The average Bonchev–Trinajstić information content (AvgIpc) is 2.17. The topological polar surface area (TPSA) is 61.1 Å². The standard InChI is InChI=1S/C10H8BrNO2/c1-6-8(4-11)2-7(10(13)14)3-9(6)5-12/h2-3H,4H2,1H3,(H,13,14). The minimum atomic E-state index is -1.01. The monoisotopic (exact) mass is 253 g/mol. The van der Waals surface area contributed by atoms with Crippen molar-refractivity contribution in [2.45, 2.75) is 12.3 Å². The first kappa shape index (κ1) is 10.7. The van der Waals surface area contributed by atoms with E-state index in [0.29, 0.717) is 10.9 Å². The van der Waals surface area contributed by atoms with E-state index in [1.54, 1.807) is 13.0 Å². The van der Waals surface area contributed by atoms with Gasteiger partial charge in [0.2, 0.25) is 0 Å². The van der Waals surface area contributed by atoms with E-state index in [1.165, 1.54) is 6.07 Å². The molecule has 0 aromatic heterocycles. The predicted octanol–water partition coefficient (Wildman–Crippen LogP) is 2.46. The normalized spacial score (nSPS) is 9.50. The summed E-state index contributed by atoms with van der Waals surface area (Å²) < 4.78 is 0. The molecule has 72 valence electrons. The first-order valence-corrected chi connectivity index (χ1v) is 5.05. The van der Waals surface area contributed by atoms with E-state index >= 15 is 0 Å². The van der Waals surface area contributed by atoms with E-state index in [0.717, 1.165) is 11.1 Å². The maximum absolute atomic E-state index is 10.7. The fourth-order valence-electron chi connectivity index (χ4n) is 1.15. The van der Waals surface area contributed by atoms with E-state index < -0.39 is 5.97 Å². The first-order chi connectivity index (χ1) is 6.60. The molecule has 0 radical (unpaired) electrons. The van der Waals surface area contributed by atoms with Gasteiger partial charge in [0.05, 0.1) is 17.2 Å². The molecule has 0 saturated carbocycles. The number of carbonyl (C=O) groups is 1. The van der Waals surface area contributed by atoms with Crippen LogP contribution in [0, 0.1) is 18.3 Å². The average molecular weight is 254 g/mol. The van der Waals surface area contributed by atoms with Crippen LogP contribution in [0.1, 0.15) is 27.0 Å². The van der Waals surface area contributed by atoms with Gasteiger partial charge in [-0.2, -0.15) is 5.26 Å². The molecule has 0 aliphatic heterocycles. The number of hydrogen-bond donors (Lipinski definition) is 1. The zero-order valence-corrected chi connectivity index (χ0v) is 9.13. The number of aromatic carboxylic acids is 1. The van der Waals surface area contributed by atoms with Gasteiger partial charge in [0.15, 0.2) is 0 Å². The third-order valence-electron chi connectivity index (χ3n) is 2.03. The number of nitrogens with zero attached hydrogens (tertiary/aromatic N) is 1. The first-order valence-electron chi connectivity index (χ1n) is 3.93. The fourth-order valence-corrected chi connectivity index (χ4v) is 1.74. The second kappa shape index (κ2) is 4.25. The summed E-state index contributed by atoms with van der Waals surface area (Å²) in [7, 11) is 0. The smallest absolute Gasteiger partial charge is 0.335 e. The molecule has 0 heterocycles. The zero-order valence-electron chi connectivity index (χ0n) is 7.54. The highest BCUT2D eigenvalue weighted by atomic mass is 79.9. The lowest BCUT2D eigenvalue weighted by atomic mass is 10.0. The maximum atomic E-state index is 10.7. The Morgan fingerprint density at radius 1 is 1.64 bits per heavy atom. The van der Waals surface area contributed by atoms with Crippen molar-refractivity contribution < 1.29 is 9.90 Å². The van der Waals surface area contributed by atoms with Crippen LogP contribution in [0.3, 0.4) is 0 Å². The van der Waals surface area contributed by atoms with Crippen molar-refractivity contribution in [2.75, 3.05) is 0 Å². The number of benzene rings is 1. The van der Waals surface area contributed by atoms with Crippen LogP contribution < -0.4 is 0 Å². The Balaban J connectivity index is 3.41. The number of carboxylic acids is 1. The molecule has 14 heavy (non-hydrogen) atoms. The molecule has 0 amide bonds. The Labute approximate surface area is 90.1 Å². The lowest BCUT2D eigenvalue weighted by molar-refractivity contribution is 0.0696. The predicted molar refractivity (Wildman–Crippen MR) is 55.5 cm³/mol. The SMILES string of the molecule is Cc1c(C#N)cc(C(=O)O)cc1CBr. The van der Waals surface area contributed by atoms with E-state index in [4.69, 9.17) is 10.4 Å². The van der Waals surface area contributed by atoms with Gasteiger partial charge in [-0.3, -0.25) is 0 Å². The summed E-state index contributed by atoms with van der Waals surface area (Å²) in [6, 6.07) is 4.95. The van der Waals surface area contributed by atoms with Crippen LogP contribution in [0.15, 0.2) is 12.1 Å². The maximum Gasteiger partial charge on any atom is 0.335 e. The number of alkyl halides is 1. The van der Waals surface area contributed by atoms with E-state index in [-0.39, 0.29) is 5.56 Å². The van der Waals surface area contributed by atoms with Crippen LogP contribution in [-0.2, 0) is 5.33 Å². The molecule has 0 spiro atoms. The molecule has 0 fully saturated rings. The highest BCUT2D eigenvalue weighted by molar-refractivity contribution is 9.08. The molecule has 4 heteroatoms. The summed E-state index contributed by atoms with van der Waals surface area (Å²) >= 11 is 3.25. The van der Waals surface area contributed by atoms with Crippen molar-refractivity contribution in [3.8, 4) is 6.07 Å². The third kappa shape index (κ3) is 1.94. The van der Waals surface area contributed by atoms with Gasteiger partial charge in [0.25, 0.3) is 0 Å². The second-order valence-electron chi connectivity index (χ2n) is 2.86. The molecule has 0 unspecified atom stereocenters. The number of carboxylic acid groups (broad SMARTS) is 1. The largest absolute Gasteiger partial charge is 0.478 e. The summed E-state index contributed by atoms with van der Waals surface area (Å²) in [4.78, 5) is 10.7. The summed E-state index contributed by atoms with van der Waals surface area (Å²) in [5, 5.41) is 18.1. The summed E-state index contributed by atoms with van der Waals surface area (Å²) in [5.74, 6) is -1.01. The molecule has 3 nitrogen and oxygen atoms in total. The fraction of sp³-hybridized carbons (Fsp3) is 0.200. The van der Waals surface area contributed by atoms with Crippen molar-refractivity contribution in [1.82, 2.24) is 0 Å². The molecule has 1 aromatic rings.